The fourth-order valence-electron chi connectivity index (χ4n) is 3.81. The smallest absolute Gasteiger partial charge is 0.297 e. The number of rotatable bonds is 6. The molecule has 1 amide bonds. The second kappa shape index (κ2) is 8.16. The number of anilines is 1. The number of amides is 1. The van der Waals surface area contributed by atoms with Gasteiger partial charge < -0.3 is 9.15 Å². The molecule has 0 saturated heterocycles. The summed E-state index contributed by atoms with van der Waals surface area (Å²) in [7, 11) is 0. The van der Waals surface area contributed by atoms with Crippen molar-refractivity contribution in [2.45, 2.75) is 25.8 Å². The third kappa shape index (κ3) is 3.34. The Morgan fingerprint density at radius 1 is 1.19 bits per heavy atom. The Kier molecular flexibility index (Phi) is 5.18. The zero-order valence-electron chi connectivity index (χ0n) is 17.1. The normalized spacial score (nSPS) is 15.4. The first-order chi connectivity index (χ1) is 15.6. The molecule has 7 nitrogen and oxygen atoms in total. The quantitative estimate of drug-likeness (QED) is 0.395. The van der Waals surface area contributed by atoms with Crippen molar-refractivity contribution in [1.29, 1.82) is 0 Å². The third-order valence-corrected chi connectivity index (χ3v) is 6.04. The summed E-state index contributed by atoms with van der Waals surface area (Å²) < 4.78 is 25.4. The summed E-state index contributed by atoms with van der Waals surface area (Å²) in [4.78, 5) is 28.1. The van der Waals surface area contributed by atoms with E-state index in [-0.39, 0.29) is 22.3 Å². The molecule has 32 heavy (non-hydrogen) atoms. The Labute approximate surface area is 186 Å². The molecule has 0 aliphatic carbocycles. The molecule has 4 aromatic rings. The first-order valence-corrected chi connectivity index (χ1v) is 11.0. The van der Waals surface area contributed by atoms with Crippen molar-refractivity contribution in [3.8, 4) is 5.75 Å². The molecular weight excluding hydrogens is 433 g/mol. The zero-order valence-corrected chi connectivity index (χ0v) is 17.9. The van der Waals surface area contributed by atoms with Gasteiger partial charge in [-0.3, -0.25) is 14.5 Å². The number of benzene rings is 2. The van der Waals surface area contributed by atoms with E-state index in [9.17, 15) is 14.0 Å². The number of carbonyl (C=O) groups excluding carboxylic acids is 1. The second-order valence-corrected chi connectivity index (χ2v) is 8.20. The first-order valence-electron chi connectivity index (χ1n) is 10.2. The van der Waals surface area contributed by atoms with Crippen LogP contribution >= 0.6 is 11.3 Å². The minimum Gasteiger partial charge on any atom is -0.494 e. The summed E-state index contributed by atoms with van der Waals surface area (Å²) in [5, 5.41) is 8.29. The summed E-state index contributed by atoms with van der Waals surface area (Å²) in [5.74, 6) is -0.423. The largest absolute Gasteiger partial charge is 0.494 e. The fourth-order valence-corrected chi connectivity index (χ4v) is 4.40. The molecule has 2 aromatic heterocycles. The number of hydrogen-bond donors (Lipinski definition) is 0. The molecule has 162 valence electrons. The Bertz CT molecular complexity index is 1350. The van der Waals surface area contributed by atoms with E-state index in [1.165, 1.54) is 33.9 Å². The van der Waals surface area contributed by atoms with Gasteiger partial charge in [-0.25, -0.2) is 4.39 Å². The van der Waals surface area contributed by atoms with Crippen molar-refractivity contribution < 1.29 is 18.3 Å². The minimum atomic E-state index is -0.779. The van der Waals surface area contributed by atoms with Gasteiger partial charge in [-0.2, -0.15) is 0 Å². The molecule has 0 fully saturated rings. The van der Waals surface area contributed by atoms with E-state index in [1.807, 2.05) is 0 Å². The molecule has 9 heteroatoms. The number of fused-ring (bicyclic) bond motifs is 2. The highest BCUT2D eigenvalue weighted by atomic mass is 32.1. The van der Waals surface area contributed by atoms with Crippen molar-refractivity contribution in [3.63, 3.8) is 0 Å². The van der Waals surface area contributed by atoms with E-state index in [4.69, 9.17) is 9.15 Å². The lowest BCUT2D eigenvalue weighted by Gasteiger charge is -2.22. The Morgan fingerprint density at radius 2 is 2.00 bits per heavy atom. The highest BCUT2D eigenvalue weighted by Crippen LogP contribution is 2.41. The van der Waals surface area contributed by atoms with Crippen LogP contribution in [0, 0.1) is 5.82 Å². The van der Waals surface area contributed by atoms with E-state index >= 15 is 0 Å². The first kappa shape index (κ1) is 20.3. The molecule has 2 aromatic carbocycles. The lowest BCUT2D eigenvalue weighted by molar-refractivity contribution is 0.0970. The lowest BCUT2D eigenvalue weighted by Crippen LogP contribution is -2.29. The van der Waals surface area contributed by atoms with Crippen molar-refractivity contribution >= 4 is 33.3 Å². The molecule has 0 radical (unpaired) electrons. The SMILES string of the molecule is CCCCOc1ccc(C2c3c(oc4ccc(F)cc4c3=O)C(=O)N2c2nncs2)cc1. The Hall–Kier alpha value is -3.59. The van der Waals surface area contributed by atoms with Crippen LogP contribution < -0.4 is 15.1 Å². The highest BCUT2D eigenvalue weighted by molar-refractivity contribution is 7.13. The van der Waals surface area contributed by atoms with Gasteiger partial charge in [-0.15, -0.1) is 10.2 Å². The number of nitrogens with zero attached hydrogens (tertiary/aromatic N) is 3. The molecule has 5 rings (SSSR count). The van der Waals surface area contributed by atoms with Crippen LogP contribution in [0.1, 0.15) is 47.5 Å². The maximum atomic E-state index is 13.8. The molecule has 0 saturated carbocycles. The molecule has 1 aliphatic rings. The number of unbranched alkanes of at least 4 members (excludes halogenated alkanes) is 1. The van der Waals surface area contributed by atoms with Crippen LogP contribution in [0.4, 0.5) is 9.52 Å². The zero-order chi connectivity index (χ0) is 22.2. The van der Waals surface area contributed by atoms with Gasteiger partial charge in [0, 0.05) is 0 Å². The van der Waals surface area contributed by atoms with Crippen LogP contribution in [0.3, 0.4) is 0 Å². The molecule has 0 bridgehead atoms. The van der Waals surface area contributed by atoms with Crippen LogP contribution in [0.2, 0.25) is 0 Å². The van der Waals surface area contributed by atoms with E-state index in [0.29, 0.717) is 23.1 Å². The van der Waals surface area contributed by atoms with E-state index in [2.05, 4.69) is 17.1 Å². The van der Waals surface area contributed by atoms with Crippen LogP contribution in [0.25, 0.3) is 11.0 Å². The summed E-state index contributed by atoms with van der Waals surface area (Å²) in [6, 6.07) is 10.1. The molecular formula is C23H18FN3O4S. The predicted molar refractivity (Wildman–Crippen MR) is 118 cm³/mol. The van der Waals surface area contributed by atoms with E-state index in [1.54, 1.807) is 24.3 Å². The second-order valence-electron chi connectivity index (χ2n) is 7.38. The van der Waals surface area contributed by atoms with Gasteiger partial charge in [0.1, 0.15) is 22.7 Å². The van der Waals surface area contributed by atoms with Crippen molar-refractivity contribution in [2.75, 3.05) is 11.5 Å². The van der Waals surface area contributed by atoms with Crippen molar-refractivity contribution in [3.05, 3.63) is 80.9 Å². The summed E-state index contributed by atoms with van der Waals surface area (Å²) >= 11 is 1.18. The summed E-state index contributed by atoms with van der Waals surface area (Å²) in [6.45, 7) is 2.70. The topological polar surface area (TPSA) is 85.5 Å². The number of halogens is 1. The molecule has 0 N–H and O–H groups in total. The lowest BCUT2D eigenvalue weighted by atomic mass is 9.98. The minimum absolute atomic E-state index is 0.0717. The van der Waals surface area contributed by atoms with Crippen LogP contribution in [0.5, 0.6) is 5.75 Å². The van der Waals surface area contributed by atoms with Crippen LogP contribution in [-0.2, 0) is 0 Å². The number of aromatic nitrogens is 2. The maximum absolute atomic E-state index is 13.8. The Morgan fingerprint density at radius 3 is 2.72 bits per heavy atom. The summed E-state index contributed by atoms with van der Waals surface area (Å²) in [6.07, 6.45) is 1.97. The number of ether oxygens (including phenoxy) is 1. The van der Waals surface area contributed by atoms with Gasteiger partial charge in [-0.05, 0) is 42.3 Å². The molecule has 1 aliphatic heterocycles. The van der Waals surface area contributed by atoms with Gasteiger partial charge in [0.25, 0.3) is 5.91 Å². The third-order valence-electron chi connectivity index (χ3n) is 5.35. The Balaban J connectivity index is 1.66. The maximum Gasteiger partial charge on any atom is 0.297 e. The standard InChI is InChI=1S/C23H18FN3O4S/c1-2-3-10-30-15-7-4-13(5-8-15)19-18-20(28)16-11-14(24)6-9-17(16)31-21(18)22(29)27(19)23-26-25-12-32-23/h4-9,11-12,19H,2-3,10H2,1H3. The molecule has 1 atom stereocenters. The van der Waals surface area contributed by atoms with Gasteiger partial charge in [0.2, 0.25) is 10.9 Å². The average molecular weight is 451 g/mol. The highest BCUT2D eigenvalue weighted by Gasteiger charge is 2.45. The molecule has 1 unspecified atom stereocenters. The van der Waals surface area contributed by atoms with Gasteiger partial charge in [0.05, 0.1) is 23.6 Å². The predicted octanol–water partition coefficient (Wildman–Crippen LogP) is 4.71. The van der Waals surface area contributed by atoms with Crippen molar-refractivity contribution in [2.24, 2.45) is 0 Å². The number of carbonyl (C=O) groups is 1. The fraction of sp³-hybridized carbons (Fsp3) is 0.217. The van der Waals surface area contributed by atoms with Gasteiger partial charge in [-0.1, -0.05) is 36.8 Å². The van der Waals surface area contributed by atoms with Crippen LogP contribution in [-0.4, -0.2) is 22.7 Å². The van der Waals surface area contributed by atoms with Crippen molar-refractivity contribution in [1.82, 2.24) is 10.2 Å². The van der Waals surface area contributed by atoms with E-state index in [0.717, 1.165) is 18.9 Å². The molecule has 3 heterocycles. The van der Waals surface area contributed by atoms with E-state index < -0.39 is 23.2 Å². The van der Waals surface area contributed by atoms with Gasteiger partial charge >= 0.3 is 0 Å². The summed E-state index contributed by atoms with van der Waals surface area (Å²) in [5.41, 5.74) is 2.05. The molecule has 0 spiro atoms. The van der Waals surface area contributed by atoms with Crippen LogP contribution in [0.15, 0.2) is 57.2 Å². The number of hydrogen-bond acceptors (Lipinski definition) is 7. The average Bonchev–Trinajstić information content (AvgIpc) is 3.42. The van der Waals surface area contributed by atoms with Gasteiger partial charge in [0.15, 0.2) is 5.43 Å². The monoisotopic (exact) mass is 451 g/mol.